The van der Waals surface area contributed by atoms with Crippen LogP contribution in [0.4, 0.5) is 5.82 Å². The summed E-state index contributed by atoms with van der Waals surface area (Å²) in [5.74, 6) is 0.806. The highest BCUT2D eigenvalue weighted by molar-refractivity contribution is 5.43. The van der Waals surface area contributed by atoms with E-state index in [0.717, 1.165) is 12.4 Å². The van der Waals surface area contributed by atoms with Crippen molar-refractivity contribution in [3.05, 3.63) is 12.4 Å². The van der Waals surface area contributed by atoms with Crippen LogP contribution in [0.3, 0.4) is 0 Å². The Kier molecular flexibility index (Phi) is 1.58. The summed E-state index contributed by atoms with van der Waals surface area (Å²) in [6, 6.07) is 0. The molecular formula is C6H8N6. The highest BCUT2D eigenvalue weighted by atomic mass is 15.5. The van der Waals surface area contributed by atoms with Crippen molar-refractivity contribution >= 4 is 11.5 Å². The van der Waals surface area contributed by atoms with E-state index in [0.29, 0.717) is 5.65 Å². The molecule has 2 aromatic rings. The van der Waals surface area contributed by atoms with Crippen molar-refractivity contribution in [2.24, 2.45) is 0 Å². The van der Waals surface area contributed by atoms with Gasteiger partial charge in [-0.15, -0.1) is 5.10 Å². The minimum absolute atomic E-state index is 0.647. The first kappa shape index (κ1) is 6.96. The summed E-state index contributed by atoms with van der Waals surface area (Å²) in [6.07, 6.45) is 3.30. The number of nitrogens with zero attached hydrogens (tertiary/aromatic N) is 5. The van der Waals surface area contributed by atoms with E-state index in [1.807, 2.05) is 6.92 Å². The number of hydrogen-bond donors (Lipinski definition) is 1. The van der Waals surface area contributed by atoms with Gasteiger partial charge >= 0.3 is 0 Å². The molecule has 1 N–H and O–H groups in total. The molecule has 0 aromatic carbocycles. The Bertz CT molecular complexity index is 380. The summed E-state index contributed by atoms with van der Waals surface area (Å²) < 4.78 is 1.61. The number of tetrazole rings is 1. The molecule has 0 aliphatic heterocycles. The van der Waals surface area contributed by atoms with Gasteiger partial charge in [0.2, 0.25) is 0 Å². The van der Waals surface area contributed by atoms with Gasteiger partial charge in [-0.2, -0.15) is 4.52 Å². The number of fused-ring (bicyclic) bond motifs is 1. The maximum Gasteiger partial charge on any atom is 0.199 e. The summed E-state index contributed by atoms with van der Waals surface area (Å²) in [4.78, 5) is 3.98. The van der Waals surface area contributed by atoms with E-state index < -0.39 is 0 Å². The molecule has 2 heterocycles. The molecule has 0 fully saturated rings. The summed E-state index contributed by atoms with van der Waals surface area (Å²) in [6.45, 7) is 2.82. The van der Waals surface area contributed by atoms with Crippen LogP contribution in [0.5, 0.6) is 0 Å². The molecule has 0 bridgehead atoms. The van der Waals surface area contributed by atoms with Crippen LogP contribution in [-0.2, 0) is 0 Å². The van der Waals surface area contributed by atoms with Gasteiger partial charge in [-0.25, -0.2) is 0 Å². The fourth-order valence-corrected chi connectivity index (χ4v) is 0.977. The Balaban J connectivity index is 2.57. The molecule has 0 aliphatic carbocycles. The molecule has 0 amide bonds. The van der Waals surface area contributed by atoms with Crippen molar-refractivity contribution in [2.45, 2.75) is 6.92 Å². The molecule has 12 heavy (non-hydrogen) atoms. The minimum atomic E-state index is 0.647. The van der Waals surface area contributed by atoms with Crippen LogP contribution in [0.15, 0.2) is 12.4 Å². The SMILES string of the molecule is CCNc1cncc2nnnn12. The Morgan fingerprint density at radius 2 is 2.42 bits per heavy atom. The number of aromatic nitrogens is 5. The van der Waals surface area contributed by atoms with E-state index in [2.05, 4.69) is 25.8 Å². The zero-order valence-corrected chi connectivity index (χ0v) is 6.60. The number of hydrogen-bond acceptors (Lipinski definition) is 5. The van der Waals surface area contributed by atoms with Gasteiger partial charge in [0.25, 0.3) is 0 Å². The van der Waals surface area contributed by atoms with Crippen LogP contribution in [0.25, 0.3) is 5.65 Å². The Morgan fingerprint density at radius 1 is 1.50 bits per heavy atom. The van der Waals surface area contributed by atoms with Crippen LogP contribution in [-0.4, -0.2) is 31.6 Å². The summed E-state index contributed by atoms with van der Waals surface area (Å²) >= 11 is 0. The smallest absolute Gasteiger partial charge is 0.199 e. The molecule has 62 valence electrons. The lowest BCUT2D eigenvalue weighted by atomic mass is 10.6. The minimum Gasteiger partial charge on any atom is -0.369 e. The second-order valence-electron chi connectivity index (χ2n) is 2.27. The van der Waals surface area contributed by atoms with Gasteiger partial charge in [-0.3, -0.25) is 4.98 Å². The van der Waals surface area contributed by atoms with Gasteiger partial charge in [-0.1, -0.05) is 0 Å². The first-order chi connectivity index (χ1) is 5.92. The first-order valence-corrected chi connectivity index (χ1v) is 3.68. The third-order valence-electron chi connectivity index (χ3n) is 1.47. The Morgan fingerprint density at radius 3 is 3.25 bits per heavy atom. The molecule has 0 aliphatic rings. The van der Waals surface area contributed by atoms with E-state index in [9.17, 15) is 0 Å². The summed E-state index contributed by atoms with van der Waals surface area (Å²) in [7, 11) is 0. The van der Waals surface area contributed by atoms with E-state index in [1.54, 1.807) is 16.9 Å². The molecule has 0 saturated heterocycles. The summed E-state index contributed by atoms with van der Waals surface area (Å²) in [5, 5.41) is 14.2. The van der Waals surface area contributed by atoms with Crippen LogP contribution in [0, 0.1) is 0 Å². The zero-order chi connectivity index (χ0) is 8.39. The van der Waals surface area contributed by atoms with Gasteiger partial charge in [0.05, 0.1) is 12.4 Å². The second kappa shape index (κ2) is 2.72. The lowest BCUT2D eigenvalue weighted by Crippen LogP contribution is -2.04. The molecule has 0 unspecified atom stereocenters. The molecular weight excluding hydrogens is 156 g/mol. The molecule has 6 nitrogen and oxygen atoms in total. The van der Waals surface area contributed by atoms with Crippen molar-refractivity contribution in [1.82, 2.24) is 25.0 Å². The molecule has 2 aromatic heterocycles. The van der Waals surface area contributed by atoms with Gasteiger partial charge < -0.3 is 5.32 Å². The van der Waals surface area contributed by atoms with Crippen molar-refractivity contribution in [2.75, 3.05) is 11.9 Å². The summed E-state index contributed by atoms with van der Waals surface area (Å²) in [5.41, 5.74) is 0.647. The number of rotatable bonds is 2. The predicted octanol–water partition coefficient (Wildman–Crippen LogP) is -0.0489. The third kappa shape index (κ3) is 0.969. The molecule has 2 rings (SSSR count). The largest absolute Gasteiger partial charge is 0.369 e. The fourth-order valence-electron chi connectivity index (χ4n) is 0.977. The van der Waals surface area contributed by atoms with Gasteiger partial charge in [0.15, 0.2) is 5.65 Å². The monoisotopic (exact) mass is 164 g/mol. The van der Waals surface area contributed by atoms with Crippen LogP contribution in [0.2, 0.25) is 0 Å². The average Bonchev–Trinajstić information content (AvgIpc) is 2.53. The van der Waals surface area contributed by atoms with Crippen LogP contribution in [0.1, 0.15) is 6.92 Å². The highest BCUT2D eigenvalue weighted by Gasteiger charge is 2.00. The average molecular weight is 164 g/mol. The quantitative estimate of drug-likeness (QED) is 0.674. The van der Waals surface area contributed by atoms with E-state index in [1.165, 1.54) is 0 Å². The zero-order valence-electron chi connectivity index (χ0n) is 6.60. The lowest BCUT2D eigenvalue weighted by Gasteiger charge is -2.01. The Hall–Kier alpha value is -1.72. The van der Waals surface area contributed by atoms with Gasteiger partial charge in [0, 0.05) is 6.54 Å². The van der Waals surface area contributed by atoms with E-state index in [-0.39, 0.29) is 0 Å². The maximum absolute atomic E-state index is 3.98. The molecule has 0 atom stereocenters. The highest BCUT2D eigenvalue weighted by Crippen LogP contribution is 2.04. The lowest BCUT2D eigenvalue weighted by molar-refractivity contribution is 0.821. The van der Waals surface area contributed by atoms with Gasteiger partial charge in [-0.05, 0) is 17.4 Å². The van der Waals surface area contributed by atoms with Crippen molar-refractivity contribution in [3.63, 3.8) is 0 Å². The topological polar surface area (TPSA) is 68.0 Å². The standard InChI is InChI=1S/C6H8N6/c1-2-8-5-3-7-4-6-9-10-11-12(5)6/h3-4,8H,2H2,1H3. The first-order valence-electron chi connectivity index (χ1n) is 3.68. The van der Waals surface area contributed by atoms with E-state index >= 15 is 0 Å². The van der Waals surface area contributed by atoms with Crippen LogP contribution < -0.4 is 5.32 Å². The van der Waals surface area contributed by atoms with E-state index in [4.69, 9.17) is 0 Å². The molecule has 0 radical (unpaired) electrons. The van der Waals surface area contributed by atoms with Crippen molar-refractivity contribution in [3.8, 4) is 0 Å². The Labute approximate surface area is 68.6 Å². The normalized spacial score (nSPS) is 10.4. The van der Waals surface area contributed by atoms with Gasteiger partial charge in [0.1, 0.15) is 5.82 Å². The van der Waals surface area contributed by atoms with Crippen LogP contribution >= 0.6 is 0 Å². The molecule has 0 saturated carbocycles. The second-order valence-corrected chi connectivity index (χ2v) is 2.27. The predicted molar refractivity (Wildman–Crippen MR) is 42.7 cm³/mol. The van der Waals surface area contributed by atoms with Crippen molar-refractivity contribution in [1.29, 1.82) is 0 Å². The fraction of sp³-hybridized carbons (Fsp3) is 0.333. The maximum atomic E-state index is 3.98. The molecule has 0 spiro atoms. The number of nitrogens with one attached hydrogen (secondary N) is 1. The molecule has 6 heteroatoms. The number of anilines is 1. The van der Waals surface area contributed by atoms with Crippen molar-refractivity contribution < 1.29 is 0 Å². The third-order valence-corrected chi connectivity index (χ3v) is 1.47.